The van der Waals surface area contributed by atoms with Crippen LogP contribution in [0.25, 0.3) is 0 Å². The van der Waals surface area contributed by atoms with E-state index in [9.17, 15) is 14.4 Å². The molecule has 0 aromatic rings. The van der Waals surface area contributed by atoms with E-state index in [1.54, 1.807) is 0 Å². The Bertz CT molecular complexity index is 481. The monoisotopic (exact) mass is 412 g/mol. The molecule has 0 bridgehead atoms. The van der Waals surface area contributed by atoms with Crippen LogP contribution in [-0.4, -0.2) is 66.6 Å². The van der Waals surface area contributed by atoms with E-state index in [1.165, 1.54) is 0 Å². The van der Waals surface area contributed by atoms with Crippen LogP contribution in [-0.2, 0) is 14.4 Å². The molecule has 1 heterocycles. The summed E-state index contributed by atoms with van der Waals surface area (Å²) in [5.41, 5.74) is 5.24. The van der Waals surface area contributed by atoms with E-state index in [4.69, 9.17) is 10.8 Å². The standard InChI is InChI=1S/C21H40N4O4/c22-19(27)12-11-18(21(29)25-15-7-8-16-25)23-13-6-3-4-10-20(28)24-14-5-1-2-9-17-26/h18,23,26H,1-17H2,(H2,22,27)(H,24,28)/t18-/m0/s1. The van der Waals surface area contributed by atoms with Crippen molar-refractivity contribution in [1.29, 1.82) is 0 Å². The first-order valence-electron chi connectivity index (χ1n) is 11.2. The Morgan fingerprint density at radius 2 is 1.55 bits per heavy atom. The lowest BCUT2D eigenvalue weighted by atomic mass is 10.1. The molecule has 1 fully saturated rings. The molecule has 0 saturated carbocycles. The average molecular weight is 413 g/mol. The summed E-state index contributed by atoms with van der Waals surface area (Å²) >= 11 is 0. The van der Waals surface area contributed by atoms with Crippen molar-refractivity contribution in [2.45, 2.75) is 83.1 Å². The maximum absolute atomic E-state index is 12.6. The Kier molecular flexibility index (Phi) is 14.1. The molecule has 1 atom stereocenters. The summed E-state index contributed by atoms with van der Waals surface area (Å²) < 4.78 is 0. The number of rotatable bonds is 17. The minimum atomic E-state index is -0.384. The fraction of sp³-hybridized carbons (Fsp3) is 0.857. The van der Waals surface area contributed by atoms with Crippen LogP contribution in [0.4, 0.5) is 0 Å². The topological polar surface area (TPSA) is 125 Å². The fourth-order valence-corrected chi connectivity index (χ4v) is 3.53. The summed E-state index contributed by atoms with van der Waals surface area (Å²) in [5, 5.41) is 14.9. The van der Waals surface area contributed by atoms with E-state index >= 15 is 0 Å². The number of nitrogens with zero attached hydrogens (tertiary/aromatic N) is 1. The number of hydrogen-bond donors (Lipinski definition) is 4. The molecular weight excluding hydrogens is 372 g/mol. The molecule has 0 aromatic heterocycles. The minimum absolute atomic E-state index is 0.0714. The third-order valence-corrected chi connectivity index (χ3v) is 5.27. The molecule has 0 aromatic carbocycles. The van der Waals surface area contributed by atoms with Gasteiger partial charge in [-0.1, -0.05) is 19.3 Å². The van der Waals surface area contributed by atoms with Crippen LogP contribution in [0, 0.1) is 0 Å². The van der Waals surface area contributed by atoms with Gasteiger partial charge in [-0.3, -0.25) is 14.4 Å². The minimum Gasteiger partial charge on any atom is -0.396 e. The van der Waals surface area contributed by atoms with Crippen molar-refractivity contribution in [3.63, 3.8) is 0 Å². The predicted octanol–water partition coefficient (Wildman–Crippen LogP) is 1.06. The van der Waals surface area contributed by atoms with E-state index in [0.29, 0.717) is 25.9 Å². The molecule has 8 nitrogen and oxygen atoms in total. The number of primary amides is 1. The van der Waals surface area contributed by atoms with E-state index in [-0.39, 0.29) is 36.8 Å². The predicted molar refractivity (Wildman–Crippen MR) is 113 cm³/mol. The molecular formula is C21H40N4O4. The number of aliphatic hydroxyl groups is 1. The second kappa shape index (κ2) is 16.2. The number of aliphatic hydroxyl groups excluding tert-OH is 1. The summed E-state index contributed by atoms with van der Waals surface area (Å²) in [5.74, 6) is -0.226. The number of nitrogens with two attached hydrogens (primary N) is 1. The molecule has 1 aliphatic heterocycles. The first-order valence-corrected chi connectivity index (χ1v) is 11.2. The molecule has 1 aliphatic rings. The van der Waals surface area contributed by atoms with Crippen molar-refractivity contribution in [1.82, 2.24) is 15.5 Å². The van der Waals surface area contributed by atoms with E-state index in [2.05, 4.69) is 10.6 Å². The first-order chi connectivity index (χ1) is 14.0. The highest BCUT2D eigenvalue weighted by atomic mass is 16.3. The van der Waals surface area contributed by atoms with Gasteiger partial charge in [-0.25, -0.2) is 0 Å². The zero-order valence-electron chi connectivity index (χ0n) is 17.8. The number of amides is 3. The summed E-state index contributed by atoms with van der Waals surface area (Å²) in [6.45, 7) is 3.22. The first kappa shape index (κ1) is 25.4. The molecule has 168 valence electrons. The number of carbonyl (C=O) groups is 3. The van der Waals surface area contributed by atoms with Gasteiger partial charge < -0.3 is 26.4 Å². The van der Waals surface area contributed by atoms with Crippen molar-refractivity contribution >= 4 is 17.7 Å². The highest BCUT2D eigenvalue weighted by Crippen LogP contribution is 2.12. The molecule has 5 N–H and O–H groups in total. The average Bonchev–Trinajstić information content (AvgIpc) is 3.23. The zero-order chi connectivity index (χ0) is 21.3. The quantitative estimate of drug-likeness (QED) is 0.266. The van der Waals surface area contributed by atoms with E-state index in [1.807, 2.05) is 4.90 Å². The summed E-state index contributed by atoms with van der Waals surface area (Å²) in [6, 6.07) is -0.352. The lowest BCUT2D eigenvalue weighted by molar-refractivity contribution is -0.132. The second-order valence-electron chi connectivity index (χ2n) is 7.84. The SMILES string of the molecule is NC(=O)CC[C@H](NCCCCCC(=O)NCCCCCCO)C(=O)N1CCCC1. The summed E-state index contributed by atoms with van der Waals surface area (Å²) in [7, 11) is 0. The molecule has 8 heteroatoms. The van der Waals surface area contributed by atoms with Crippen molar-refractivity contribution in [2.24, 2.45) is 5.73 Å². The van der Waals surface area contributed by atoms with Gasteiger partial charge in [0.05, 0.1) is 6.04 Å². The van der Waals surface area contributed by atoms with Crippen molar-refractivity contribution in [3.8, 4) is 0 Å². The van der Waals surface area contributed by atoms with E-state index in [0.717, 1.165) is 70.9 Å². The normalized spacial score (nSPS) is 14.7. The molecule has 0 spiro atoms. The van der Waals surface area contributed by atoms with Gasteiger partial charge in [-0.15, -0.1) is 0 Å². The lowest BCUT2D eigenvalue weighted by Crippen LogP contribution is -2.46. The molecule has 0 radical (unpaired) electrons. The Hall–Kier alpha value is -1.67. The summed E-state index contributed by atoms with van der Waals surface area (Å²) in [4.78, 5) is 37.4. The van der Waals surface area contributed by atoms with Crippen LogP contribution in [0.1, 0.15) is 77.0 Å². The second-order valence-corrected chi connectivity index (χ2v) is 7.84. The molecule has 29 heavy (non-hydrogen) atoms. The number of carbonyl (C=O) groups excluding carboxylic acids is 3. The maximum Gasteiger partial charge on any atom is 0.239 e. The van der Waals surface area contributed by atoms with Crippen LogP contribution in [0.3, 0.4) is 0 Å². The number of unbranched alkanes of at least 4 members (excludes halogenated alkanes) is 5. The van der Waals surface area contributed by atoms with Gasteiger partial charge in [0.15, 0.2) is 0 Å². The van der Waals surface area contributed by atoms with Crippen LogP contribution in [0.2, 0.25) is 0 Å². The van der Waals surface area contributed by atoms with Gasteiger partial charge in [0, 0.05) is 39.1 Å². The van der Waals surface area contributed by atoms with Crippen LogP contribution in [0.5, 0.6) is 0 Å². The molecule has 1 saturated heterocycles. The van der Waals surface area contributed by atoms with Gasteiger partial charge in [-0.2, -0.15) is 0 Å². The number of hydrogen-bond acceptors (Lipinski definition) is 5. The van der Waals surface area contributed by atoms with Gasteiger partial charge in [-0.05, 0) is 51.5 Å². The van der Waals surface area contributed by atoms with Gasteiger partial charge in [0.1, 0.15) is 0 Å². The lowest BCUT2D eigenvalue weighted by Gasteiger charge is -2.24. The van der Waals surface area contributed by atoms with Crippen molar-refractivity contribution < 1.29 is 19.5 Å². The molecule has 0 aliphatic carbocycles. The maximum atomic E-state index is 12.6. The fourth-order valence-electron chi connectivity index (χ4n) is 3.53. The molecule has 1 rings (SSSR count). The van der Waals surface area contributed by atoms with E-state index < -0.39 is 0 Å². The van der Waals surface area contributed by atoms with Crippen LogP contribution >= 0.6 is 0 Å². The zero-order valence-corrected chi connectivity index (χ0v) is 17.8. The van der Waals surface area contributed by atoms with Gasteiger partial charge in [0.2, 0.25) is 17.7 Å². The Labute approximate surface area is 175 Å². The Morgan fingerprint density at radius 3 is 2.24 bits per heavy atom. The third-order valence-electron chi connectivity index (χ3n) is 5.27. The molecule has 3 amide bonds. The van der Waals surface area contributed by atoms with Gasteiger partial charge >= 0.3 is 0 Å². The van der Waals surface area contributed by atoms with Crippen molar-refractivity contribution in [2.75, 3.05) is 32.8 Å². The largest absolute Gasteiger partial charge is 0.396 e. The highest BCUT2D eigenvalue weighted by molar-refractivity contribution is 5.83. The van der Waals surface area contributed by atoms with Crippen LogP contribution < -0.4 is 16.4 Å². The van der Waals surface area contributed by atoms with Crippen LogP contribution in [0.15, 0.2) is 0 Å². The number of nitrogens with one attached hydrogen (secondary N) is 2. The smallest absolute Gasteiger partial charge is 0.239 e. The Morgan fingerprint density at radius 1 is 0.897 bits per heavy atom. The summed E-state index contributed by atoms with van der Waals surface area (Å²) in [6.07, 6.45) is 9.67. The third kappa shape index (κ3) is 12.5. The van der Waals surface area contributed by atoms with Crippen molar-refractivity contribution in [3.05, 3.63) is 0 Å². The highest BCUT2D eigenvalue weighted by Gasteiger charge is 2.26. The number of likely N-dealkylation sites (tertiary alicyclic amines) is 1. The van der Waals surface area contributed by atoms with Gasteiger partial charge in [0.25, 0.3) is 0 Å². The molecule has 0 unspecified atom stereocenters. The Balaban J connectivity index is 2.12.